The lowest BCUT2D eigenvalue weighted by Gasteiger charge is -2.07. The summed E-state index contributed by atoms with van der Waals surface area (Å²) in [5, 5.41) is 21.3. The zero-order valence-corrected chi connectivity index (χ0v) is 8.00. The molecule has 0 unspecified atom stereocenters. The van der Waals surface area contributed by atoms with Crippen LogP contribution in [0, 0.1) is 13.8 Å². The van der Waals surface area contributed by atoms with Gasteiger partial charge in [-0.15, -0.1) is 0 Å². The van der Waals surface area contributed by atoms with E-state index in [2.05, 4.69) is 5.16 Å². The first-order chi connectivity index (χ1) is 6.07. The zero-order valence-electron chi connectivity index (χ0n) is 8.00. The molecule has 0 aliphatic rings. The smallest absolute Gasteiger partial charge is 0.127 e. The maximum absolute atomic E-state index is 9.69. The van der Waals surface area contributed by atoms with E-state index < -0.39 is 0 Å². The summed E-state index contributed by atoms with van der Waals surface area (Å²) in [6, 6.07) is 3.63. The summed E-state index contributed by atoms with van der Waals surface area (Å²) in [6.07, 6.45) is 0. The van der Waals surface area contributed by atoms with E-state index in [1.54, 1.807) is 13.0 Å². The molecule has 0 aromatic heterocycles. The highest BCUT2D eigenvalue weighted by molar-refractivity contribution is 6.01. The van der Waals surface area contributed by atoms with Crippen molar-refractivity contribution >= 4 is 5.71 Å². The van der Waals surface area contributed by atoms with Crippen molar-refractivity contribution in [2.45, 2.75) is 20.8 Å². The molecule has 70 valence electrons. The van der Waals surface area contributed by atoms with Crippen molar-refractivity contribution in [3.8, 4) is 5.75 Å². The van der Waals surface area contributed by atoms with Crippen molar-refractivity contribution in [2.75, 3.05) is 0 Å². The Balaban J connectivity index is 3.34. The van der Waals surface area contributed by atoms with Gasteiger partial charge in [-0.1, -0.05) is 11.2 Å². The third kappa shape index (κ3) is 1.64. The number of hydrogen-bond donors (Lipinski definition) is 2. The molecule has 0 aliphatic carbocycles. The van der Waals surface area contributed by atoms with Gasteiger partial charge in [0.1, 0.15) is 5.75 Å². The highest BCUT2D eigenvalue weighted by atomic mass is 16.4. The van der Waals surface area contributed by atoms with Crippen molar-refractivity contribution < 1.29 is 10.3 Å². The lowest BCUT2D eigenvalue weighted by atomic mass is 10.0. The van der Waals surface area contributed by atoms with E-state index >= 15 is 0 Å². The van der Waals surface area contributed by atoms with Gasteiger partial charge in [-0.25, -0.2) is 0 Å². The van der Waals surface area contributed by atoms with Gasteiger partial charge in [-0.05, 0) is 38.0 Å². The summed E-state index contributed by atoms with van der Waals surface area (Å²) in [7, 11) is 0. The van der Waals surface area contributed by atoms with Gasteiger partial charge in [-0.3, -0.25) is 0 Å². The monoisotopic (exact) mass is 179 g/mol. The van der Waals surface area contributed by atoms with Crippen LogP contribution in [0.2, 0.25) is 0 Å². The Labute approximate surface area is 77.3 Å². The van der Waals surface area contributed by atoms with Crippen LogP contribution in [0.1, 0.15) is 23.6 Å². The molecular weight excluding hydrogens is 166 g/mol. The molecule has 0 spiro atoms. The van der Waals surface area contributed by atoms with Crippen LogP contribution in [0.3, 0.4) is 0 Å². The normalized spacial score (nSPS) is 11.8. The quantitative estimate of drug-likeness (QED) is 0.394. The number of phenols is 1. The second kappa shape index (κ2) is 3.47. The highest BCUT2D eigenvalue weighted by Crippen LogP contribution is 2.25. The third-order valence-electron chi connectivity index (χ3n) is 2.24. The summed E-state index contributed by atoms with van der Waals surface area (Å²) in [5.74, 6) is 0.190. The fourth-order valence-electron chi connectivity index (χ4n) is 1.15. The molecule has 1 aromatic carbocycles. The number of benzene rings is 1. The molecule has 0 heterocycles. The maximum Gasteiger partial charge on any atom is 0.127 e. The number of nitrogens with zero attached hydrogens (tertiary/aromatic N) is 1. The fourth-order valence-corrected chi connectivity index (χ4v) is 1.15. The van der Waals surface area contributed by atoms with Gasteiger partial charge in [0.15, 0.2) is 0 Å². The van der Waals surface area contributed by atoms with Gasteiger partial charge < -0.3 is 10.3 Å². The van der Waals surface area contributed by atoms with Gasteiger partial charge in [0.05, 0.1) is 5.71 Å². The van der Waals surface area contributed by atoms with Crippen LogP contribution in [0.4, 0.5) is 0 Å². The number of aryl methyl sites for hydroxylation is 1. The summed E-state index contributed by atoms with van der Waals surface area (Å²) in [4.78, 5) is 0. The van der Waals surface area contributed by atoms with Crippen LogP contribution < -0.4 is 0 Å². The first-order valence-corrected chi connectivity index (χ1v) is 4.06. The van der Waals surface area contributed by atoms with Crippen molar-refractivity contribution in [3.63, 3.8) is 0 Å². The second-order valence-electron chi connectivity index (χ2n) is 3.09. The van der Waals surface area contributed by atoms with Crippen LogP contribution in [-0.4, -0.2) is 16.0 Å². The van der Waals surface area contributed by atoms with E-state index in [4.69, 9.17) is 5.21 Å². The van der Waals surface area contributed by atoms with Crippen LogP contribution >= 0.6 is 0 Å². The van der Waals surface area contributed by atoms with Crippen molar-refractivity contribution in [3.05, 3.63) is 28.8 Å². The van der Waals surface area contributed by atoms with Crippen LogP contribution in [0.25, 0.3) is 0 Å². The standard InChI is InChI=1S/C10H13NO2/c1-6-4-5-9(8(3)11-13)10(12)7(6)2/h4-5,12-13H,1-3H3/b11-8-. The summed E-state index contributed by atoms with van der Waals surface area (Å²) in [5.41, 5.74) is 2.83. The zero-order chi connectivity index (χ0) is 10.0. The van der Waals surface area contributed by atoms with E-state index in [9.17, 15) is 5.11 Å². The predicted octanol–water partition coefficient (Wildman–Crippen LogP) is 2.21. The first kappa shape index (κ1) is 9.58. The lowest BCUT2D eigenvalue weighted by Crippen LogP contribution is -1.97. The average molecular weight is 179 g/mol. The van der Waals surface area contributed by atoms with E-state index in [0.29, 0.717) is 11.3 Å². The molecule has 3 nitrogen and oxygen atoms in total. The highest BCUT2D eigenvalue weighted by Gasteiger charge is 2.08. The minimum absolute atomic E-state index is 0.190. The largest absolute Gasteiger partial charge is 0.507 e. The lowest BCUT2D eigenvalue weighted by molar-refractivity contribution is 0.318. The van der Waals surface area contributed by atoms with Crippen molar-refractivity contribution in [2.24, 2.45) is 5.16 Å². The molecule has 0 saturated carbocycles. The molecule has 2 N–H and O–H groups in total. The van der Waals surface area contributed by atoms with Gasteiger partial charge >= 0.3 is 0 Å². The van der Waals surface area contributed by atoms with E-state index in [-0.39, 0.29) is 5.75 Å². The molecule has 0 amide bonds. The summed E-state index contributed by atoms with van der Waals surface area (Å²) >= 11 is 0. The average Bonchev–Trinajstić information content (AvgIpc) is 2.13. The second-order valence-corrected chi connectivity index (χ2v) is 3.09. The van der Waals surface area contributed by atoms with Crippen LogP contribution in [0.5, 0.6) is 5.75 Å². The number of oxime groups is 1. The fraction of sp³-hybridized carbons (Fsp3) is 0.300. The van der Waals surface area contributed by atoms with Gasteiger partial charge in [-0.2, -0.15) is 0 Å². The molecule has 0 atom stereocenters. The molecule has 0 fully saturated rings. The summed E-state index contributed by atoms with van der Waals surface area (Å²) in [6.45, 7) is 5.40. The van der Waals surface area contributed by atoms with E-state index in [1.807, 2.05) is 19.9 Å². The van der Waals surface area contributed by atoms with Crippen molar-refractivity contribution in [1.82, 2.24) is 0 Å². The molecule has 13 heavy (non-hydrogen) atoms. The Hall–Kier alpha value is -1.51. The van der Waals surface area contributed by atoms with E-state index in [1.165, 1.54) is 0 Å². The molecule has 0 bridgehead atoms. The van der Waals surface area contributed by atoms with Gasteiger partial charge in [0, 0.05) is 5.56 Å². The minimum Gasteiger partial charge on any atom is -0.507 e. The topological polar surface area (TPSA) is 52.8 Å². The third-order valence-corrected chi connectivity index (χ3v) is 2.24. The first-order valence-electron chi connectivity index (χ1n) is 4.06. The summed E-state index contributed by atoms with van der Waals surface area (Å²) < 4.78 is 0. The predicted molar refractivity (Wildman–Crippen MR) is 51.6 cm³/mol. The van der Waals surface area contributed by atoms with E-state index in [0.717, 1.165) is 11.1 Å². The van der Waals surface area contributed by atoms with Crippen LogP contribution in [-0.2, 0) is 0 Å². The van der Waals surface area contributed by atoms with Gasteiger partial charge in [0.2, 0.25) is 0 Å². The Bertz CT molecular complexity index is 356. The number of rotatable bonds is 1. The minimum atomic E-state index is 0.190. The Morgan fingerprint density at radius 1 is 1.31 bits per heavy atom. The Morgan fingerprint density at radius 2 is 1.92 bits per heavy atom. The van der Waals surface area contributed by atoms with Crippen LogP contribution in [0.15, 0.2) is 17.3 Å². The SMILES string of the molecule is C/C(=N/O)c1ccc(C)c(C)c1O. The number of hydrogen-bond acceptors (Lipinski definition) is 3. The maximum atomic E-state index is 9.69. The molecule has 0 radical (unpaired) electrons. The molecule has 0 aliphatic heterocycles. The molecule has 1 rings (SSSR count). The van der Waals surface area contributed by atoms with Gasteiger partial charge in [0.25, 0.3) is 0 Å². The number of phenolic OH excluding ortho intramolecular Hbond substituents is 1. The molecular formula is C10H13NO2. The molecule has 1 aromatic rings. The molecule has 0 saturated heterocycles. The Morgan fingerprint density at radius 3 is 2.46 bits per heavy atom. The Kier molecular flexibility index (Phi) is 2.56. The molecule has 3 heteroatoms. The van der Waals surface area contributed by atoms with Crippen molar-refractivity contribution in [1.29, 1.82) is 0 Å². The number of aromatic hydroxyl groups is 1.